The summed E-state index contributed by atoms with van der Waals surface area (Å²) in [5, 5.41) is 0. The molecule has 0 bridgehead atoms. The first kappa shape index (κ1) is 15.2. The maximum Gasteiger partial charge on any atom is 0.231 e. The third-order valence-corrected chi connectivity index (χ3v) is 4.73. The molecule has 0 fully saturated rings. The van der Waals surface area contributed by atoms with Gasteiger partial charge in [-0.1, -0.05) is 13.8 Å². The quantitative estimate of drug-likeness (QED) is 0.907. The lowest BCUT2D eigenvalue weighted by Crippen LogP contribution is -3.10. The van der Waals surface area contributed by atoms with Crippen LogP contribution < -0.4 is 19.1 Å². The van der Waals surface area contributed by atoms with E-state index >= 15 is 0 Å². The van der Waals surface area contributed by atoms with Crippen LogP contribution in [-0.2, 0) is 11.2 Å². The number of ether oxygens (including phenoxy) is 3. The predicted octanol–water partition coefficient (Wildman–Crippen LogP) is 1.15. The maximum atomic E-state index is 12.3. The summed E-state index contributed by atoms with van der Waals surface area (Å²) in [6.45, 7) is 5.15. The topological polar surface area (TPSA) is 49.2 Å². The van der Waals surface area contributed by atoms with Crippen LogP contribution in [0.5, 0.6) is 17.2 Å². The van der Waals surface area contributed by atoms with Crippen molar-refractivity contribution in [3.05, 3.63) is 17.2 Å². The number of Topliss-reactive ketones (excluding diaryl/α,β-unsaturated/α-hetero) is 1. The third kappa shape index (κ3) is 2.43. The van der Waals surface area contributed by atoms with Gasteiger partial charge in [0.25, 0.3) is 0 Å². The molecule has 2 aliphatic rings. The highest BCUT2D eigenvalue weighted by Crippen LogP contribution is 2.47. The Morgan fingerprint density at radius 1 is 1.45 bits per heavy atom. The number of hydrogen-bond donors (Lipinski definition) is 1. The second kappa shape index (κ2) is 5.80. The summed E-state index contributed by atoms with van der Waals surface area (Å²) < 4.78 is 16.7. The molecule has 1 N–H and O–H groups in total. The molecular formula is C17H24NO4+. The third-order valence-electron chi connectivity index (χ3n) is 4.73. The minimum absolute atomic E-state index is 0.0539. The molecular weight excluding hydrogens is 282 g/mol. The molecule has 0 aromatic heterocycles. The molecule has 2 atom stereocenters. The van der Waals surface area contributed by atoms with Crippen molar-refractivity contribution < 1.29 is 23.9 Å². The fraction of sp³-hybridized carbons (Fsp3) is 0.588. The Bertz CT molecular complexity index is 597. The van der Waals surface area contributed by atoms with Crippen LogP contribution in [0.4, 0.5) is 0 Å². The van der Waals surface area contributed by atoms with Crippen LogP contribution in [-0.4, -0.2) is 33.3 Å². The monoisotopic (exact) mass is 306 g/mol. The number of quaternary nitrogens is 1. The first-order chi connectivity index (χ1) is 10.5. The number of likely N-dealkylation sites (N-methyl/N-ethyl adjacent to an activating group) is 1. The SMILES string of the molecule is COc1c2c(cc3c1[C@H](CC(=O)C(C)C)[NH+](C)CC3)OCO2. The van der Waals surface area contributed by atoms with Gasteiger partial charge in [0.15, 0.2) is 11.5 Å². The molecule has 1 unspecified atom stereocenters. The fourth-order valence-electron chi connectivity index (χ4n) is 3.33. The Morgan fingerprint density at radius 3 is 2.91 bits per heavy atom. The van der Waals surface area contributed by atoms with Gasteiger partial charge in [0.2, 0.25) is 12.5 Å². The minimum atomic E-state index is 0.0539. The highest BCUT2D eigenvalue weighted by atomic mass is 16.7. The summed E-state index contributed by atoms with van der Waals surface area (Å²) in [6.07, 6.45) is 1.49. The number of carbonyl (C=O) groups excluding carboxylic acids is 1. The van der Waals surface area contributed by atoms with Crippen molar-refractivity contribution in [1.82, 2.24) is 0 Å². The van der Waals surface area contributed by atoms with Crippen LogP contribution in [0.1, 0.15) is 37.4 Å². The number of fused-ring (bicyclic) bond motifs is 2. The molecule has 3 rings (SSSR count). The zero-order valence-corrected chi connectivity index (χ0v) is 13.7. The van der Waals surface area contributed by atoms with E-state index in [1.54, 1.807) is 7.11 Å². The number of benzene rings is 1. The van der Waals surface area contributed by atoms with Crippen LogP contribution in [0.3, 0.4) is 0 Å². The first-order valence-electron chi connectivity index (χ1n) is 7.87. The Morgan fingerprint density at radius 2 is 2.23 bits per heavy atom. The van der Waals surface area contributed by atoms with E-state index in [0.29, 0.717) is 12.2 Å². The van der Waals surface area contributed by atoms with Crippen molar-refractivity contribution in [3.63, 3.8) is 0 Å². The van der Waals surface area contributed by atoms with Crippen molar-refractivity contribution in [2.24, 2.45) is 5.92 Å². The van der Waals surface area contributed by atoms with Gasteiger partial charge in [-0.25, -0.2) is 0 Å². The van der Waals surface area contributed by atoms with Crippen molar-refractivity contribution >= 4 is 5.78 Å². The number of rotatable bonds is 4. The van der Waals surface area contributed by atoms with E-state index in [9.17, 15) is 4.79 Å². The molecule has 120 valence electrons. The molecule has 0 spiro atoms. The summed E-state index contributed by atoms with van der Waals surface area (Å²) in [5.41, 5.74) is 2.33. The van der Waals surface area contributed by atoms with Crippen LogP contribution >= 0.6 is 0 Å². The van der Waals surface area contributed by atoms with E-state index in [1.807, 2.05) is 13.8 Å². The second-order valence-electron chi connectivity index (χ2n) is 6.44. The first-order valence-corrected chi connectivity index (χ1v) is 7.87. The molecule has 0 amide bonds. The van der Waals surface area contributed by atoms with Gasteiger partial charge in [-0.05, 0) is 11.6 Å². The molecule has 0 aliphatic carbocycles. The van der Waals surface area contributed by atoms with Gasteiger partial charge < -0.3 is 19.1 Å². The summed E-state index contributed by atoms with van der Waals surface area (Å²) in [5.74, 6) is 2.52. The van der Waals surface area contributed by atoms with Crippen LogP contribution in [0.15, 0.2) is 6.07 Å². The summed E-state index contributed by atoms with van der Waals surface area (Å²) in [6, 6.07) is 2.17. The molecule has 1 aromatic carbocycles. The molecule has 22 heavy (non-hydrogen) atoms. The fourth-order valence-corrected chi connectivity index (χ4v) is 3.33. The average Bonchev–Trinajstić information content (AvgIpc) is 2.95. The highest BCUT2D eigenvalue weighted by molar-refractivity contribution is 5.81. The van der Waals surface area contributed by atoms with Crippen molar-refractivity contribution in [2.45, 2.75) is 32.7 Å². The van der Waals surface area contributed by atoms with E-state index in [4.69, 9.17) is 14.2 Å². The van der Waals surface area contributed by atoms with Crippen LogP contribution in [0, 0.1) is 5.92 Å². The Labute approximate surface area is 131 Å². The summed E-state index contributed by atoms with van der Waals surface area (Å²) in [7, 11) is 3.80. The lowest BCUT2D eigenvalue weighted by Gasteiger charge is -2.33. The Balaban J connectivity index is 2.06. The smallest absolute Gasteiger partial charge is 0.231 e. The maximum absolute atomic E-state index is 12.3. The van der Waals surface area contributed by atoms with Gasteiger partial charge in [-0.15, -0.1) is 0 Å². The predicted molar refractivity (Wildman–Crippen MR) is 81.8 cm³/mol. The number of hydrogen-bond acceptors (Lipinski definition) is 4. The lowest BCUT2D eigenvalue weighted by atomic mass is 9.87. The minimum Gasteiger partial charge on any atom is -0.492 e. The zero-order valence-electron chi connectivity index (χ0n) is 13.7. The normalized spacial score (nSPS) is 22.6. The number of nitrogens with one attached hydrogen (secondary N) is 1. The molecule has 2 aliphatic heterocycles. The van der Waals surface area contributed by atoms with E-state index in [2.05, 4.69) is 13.1 Å². The number of carbonyl (C=O) groups is 1. The van der Waals surface area contributed by atoms with E-state index in [-0.39, 0.29) is 24.5 Å². The second-order valence-corrected chi connectivity index (χ2v) is 6.44. The van der Waals surface area contributed by atoms with Crippen molar-refractivity contribution in [3.8, 4) is 17.2 Å². The van der Waals surface area contributed by atoms with Gasteiger partial charge in [-0.3, -0.25) is 4.79 Å². The molecule has 2 heterocycles. The van der Waals surface area contributed by atoms with Gasteiger partial charge >= 0.3 is 0 Å². The van der Waals surface area contributed by atoms with Gasteiger partial charge in [0, 0.05) is 12.3 Å². The van der Waals surface area contributed by atoms with Gasteiger partial charge in [0.05, 0.1) is 32.7 Å². The molecule has 5 nitrogen and oxygen atoms in total. The Hall–Kier alpha value is -1.75. The lowest BCUT2D eigenvalue weighted by molar-refractivity contribution is -0.914. The summed E-state index contributed by atoms with van der Waals surface area (Å²) in [4.78, 5) is 13.6. The molecule has 1 aromatic rings. The number of ketones is 1. The van der Waals surface area contributed by atoms with Crippen molar-refractivity contribution in [1.29, 1.82) is 0 Å². The largest absolute Gasteiger partial charge is 0.492 e. The summed E-state index contributed by atoms with van der Waals surface area (Å²) >= 11 is 0. The van der Waals surface area contributed by atoms with Crippen LogP contribution in [0.25, 0.3) is 0 Å². The molecule has 5 heteroatoms. The highest BCUT2D eigenvalue weighted by Gasteiger charge is 2.37. The molecule has 0 radical (unpaired) electrons. The van der Waals surface area contributed by atoms with E-state index in [1.165, 1.54) is 10.5 Å². The average molecular weight is 306 g/mol. The van der Waals surface area contributed by atoms with Gasteiger partial charge in [0.1, 0.15) is 11.8 Å². The standard InChI is InChI=1S/C17H23NO4/c1-10(2)13(19)8-12-15-11(5-6-18(12)3)7-14-16(17(15)20-4)22-9-21-14/h7,10,12H,5-6,8-9H2,1-4H3/p+1/t12-/m0/s1. The number of methoxy groups -OCH3 is 1. The van der Waals surface area contributed by atoms with Crippen molar-refractivity contribution in [2.75, 3.05) is 27.5 Å². The van der Waals surface area contributed by atoms with Gasteiger partial charge in [-0.2, -0.15) is 0 Å². The van der Waals surface area contributed by atoms with E-state index < -0.39 is 0 Å². The molecule has 0 saturated carbocycles. The van der Waals surface area contributed by atoms with E-state index in [0.717, 1.165) is 30.0 Å². The molecule has 0 saturated heterocycles. The van der Waals surface area contributed by atoms with Crippen LogP contribution in [0.2, 0.25) is 0 Å². The Kier molecular flexibility index (Phi) is 4.00. The zero-order chi connectivity index (χ0) is 15.9.